The number of carbonyl (C=O) groups excluding carboxylic acids is 3. The molecule has 0 fully saturated rings. The fourth-order valence-corrected chi connectivity index (χ4v) is 4.54. The molecule has 2 aromatic carbocycles. The monoisotopic (exact) mass is 511 g/mol. The van der Waals surface area contributed by atoms with Crippen LogP contribution in [-0.2, 0) is 0 Å². The van der Waals surface area contributed by atoms with Crippen molar-refractivity contribution >= 4 is 50.6 Å². The van der Waals surface area contributed by atoms with Gasteiger partial charge >= 0.3 is 0 Å². The molecular formula is C24H26BrN5O3. The molecule has 172 valence electrons. The Morgan fingerprint density at radius 1 is 1.12 bits per heavy atom. The second kappa shape index (κ2) is 9.35. The molecule has 0 spiro atoms. The predicted molar refractivity (Wildman–Crippen MR) is 131 cm³/mol. The third-order valence-corrected chi connectivity index (χ3v) is 6.23. The molecule has 0 aliphatic carbocycles. The quantitative estimate of drug-likeness (QED) is 0.510. The number of halogens is 1. The van der Waals surface area contributed by atoms with Crippen LogP contribution in [0.5, 0.6) is 0 Å². The van der Waals surface area contributed by atoms with Crippen molar-refractivity contribution in [1.82, 2.24) is 19.8 Å². The maximum atomic E-state index is 13.1. The molecule has 1 aliphatic heterocycles. The normalized spacial score (nSPS) is 17.0. The van der Waals surface area contributed by atoms with Crippen LogP contribution in [0.15, 0.2) is 40.9 Å². The Bertz CT molecular complexity index is 1250. The predicted octanol–water partition coefficient (Wildman–Crippen LogP) is 4.23. The van der Waals surface area contributed by atoms with Gasteiger partial charge in [0.1, 0.15) is 0 Å². The molecule has 2 N–H and O–H groups in total. The molecule has 2 bridgehead atoms. The van der Waals surface area contributed by atoms with Gasteiger partial charge in [0, 0.05) is 42.3 Å². The molecule has 33 heavy (non-hydrogen) atoms. The molecule has 8 nitrogen and oxygen atoms in total. The van der Waals surface area contributed by atoms with Crippen LogP contribution in [0.1, 0.15) is 63.3 Å². The van der Waals surface area contributed by atoms with E-state index in [9.17, 15) is 14.4 Å². The van der Waals surface area contributed by atoms with E-state index in [0.29, 0.717) is 40.2 Å². The van der Waals surface area contributed by atoms with E-state index in [4.69, 9.17) is 4.98 Å². The molecule has 3 aromatic rings. The van der Waals surface area contributed by atoms with Gasteiger partial charge in [0.25, 0.3) is 17.7 Å². The van der Waals surface area contributed by atoms with Crippen molar-refractivity contribution in [3.05, 3.63) is 57.6 Å². The molecule has 3 amide bonds. The summed E-state index contributed by atoms with van der Waals surface area (Å²) in [4.78, 5) is 44.8. The van der Waals surface area contributed by atoms with Gasteiger partial charge in [-0.2, -0.15) is 0 Å². The summed E-state index contributed by atoms with van der Waals surface area (Å²) in [5, 5.41) is 5.83. The summed E-state index contributed by atoms with van der Waals surface area (Å²) in [6.45, 7) is 2.60. The number of hydrogen-bond acceptors (Lipinski definition) is 4. The van der Waals surface area contributed by atoms with Crippen molar-refractivity contribution in [1.29, 1.82) is 0 Å². The van der Waals surface area contributed by atoms with Crippen LogP contribution < -0.4 is 10.6 Å². The lowest BCUT2D eigenvalue weighted by Crippen LogP contribution is -2.26. The van der Waals surface area contributed by atoms with E-state index in [-0.39, 0.29) is 23.8 Å². The summed E-state index contributed by atoms with van der Waals surface area (Å²) in [6.07, 6.45) is 2.47. The number of rotatable bonds is 1. The molecular weight excluding hydrogens is 486 g/mol. The number of anilines is 1. The summed E-state index contributed by atoms with van der Waals surface area (Å²) in [7, 11) is 3.42. The Labute approximate surface area is 200 Å². The van der Waals surface area contributed by atoms with Gasteiger partial charge in [-0.25, -0.2) is 4.98 Å². The Morgan fingerprint density at radius 2 is 1.85 bits per heavy atom. The highest BCUT2D eigenvalue weighted by Gasteiger charge is 2.25. The third-order valence-electron chi connectivity index (χ3n) is 5.77. The number of nitrogens with zero attached hydrogens (tertiary/aromatic N) is 3. The molecule has 9 heteroatoms. The number of benzene rings is 2. The van der Waals surface area contributed by atoms with Crippen molar-refractivity contribution in [2.24, 2.45) is 0 Å². The molecule has 1 atom stereocenters. The number of nitrogens with one attached hydrogen (secondary N) is 2. The Morgan fingerprint density at radius 3 is 2.58 bits per heavy atom. The number of carbonyl (C=O) groups is 3. The number of aromatic nitrogens is 2. The van der Waals surface area contributed by atoms with E-state index in [2.05, 4.69) is 26.6 Å². The van der Waals surface area contributed by atoms with E-state index in [0.717, 1.165) is 23.7 Å². The molecule has 2 heterocycles. The largest absolute Gasteiger partial charge is 0.352 e. The fraction of sp³-hybridized carbons (Fsp3) is 0.333. The first-order valence-electron chi connectivity index (χ1n) is 10.9. The van der Waals surface area contributed by atoms with Crippen molar-refractivity contribution in [3.63, 3.8) is 0 Å². The van der Waals surface area contributed by atoms with Gasteiger partial charge in [-0.05, 0) is 56.5 Å². The Hall–Kier alpha value is -3.20. The minimum Gasteiger partial charge on any atom is -0.352 e. The van der Waals surface area contributed by atoms with Gasteiger partial charge in [0.2, 0.25) is 5.95 Å². The zero-order valence-corrected chi connectivity index (χ0v) is 20.4. The molecule has 0 saturated carbocycles. The van der Waals surface area contributed by atoms with Crippen LogP contribution in [0.2, 0.25) is 0 Å². The molecule has 0 unspecified atom stereocenters. The lowest BCUT2D eigenvalue weighted by Gasteiger charge is -2.20. The summed E-state index contributed by atoms with van der Waals surface area (Å²) in [6, 6.07) is 10.2. The van der Waals surface area contributed by atoms with Crippen molar-refractivity contribution in [3.8, 4) is 0 Å². The summed E-state index contributed by atoms with van der Waals surface area (Å²) in [5.74, 6) is -0.332. The number of hydrogen-bond donors (Lipinski definition) is 2. The van der Waals surface area contributed by atoms with Crippen LogP contribution >= 0.6 is 15.9 Å². The zero-order valence-electron chi connectivity index (χ0n) is 18.8. The number of imidazole rings is 1. The van der Waals surface area contributed by atoms with Gasteiger partial charge in [-0.1, -0.05) is 22.0 Å². The first kappa shape index (κ1) is 23.0. The maximum absolute atomic E-state index is 13.1. The molecule has 0 radical (unpaired) electrons. The van der Waals surface area contributed by atoms with Gasteiger partial charge in [-0.15, -0.1) is 0 Å². The van der Waals surface area contributed by atoms with Crippen LogP contribution in [0, 0.1) is 0 Å². The highest BCUT2D eigenvalue weighted by Crippen LogP contribution is 2.33. The minimum atomic E-state index is -0.370. The second-order valence-corrected chi connectivity index (χ2v) is 9.38. The van der Waals surface area contributed by atoms with Crippen LogP contribution in [-0.4, -0.2) is 52.8 Å². The van der Waals surface area contributed by atoms with Crippen LogP contribution in [0.4, 0.5) is 5.95 Å². The third kappa shape index (κ3) is 4.64. The minimum absolute atomic E-state index is 0.0369. The molecule has 4 rings (SSSR count). The van der Waals surface area contributed by atoms with Gasteiger partial charge < -0.3 is 14.8 Å². The van der Waals surface area contributed by atoms with E-state index < -0.39 is 0 Å². The van der Waals surface area contributed by atoms with Crippen molar-refractivity contribution in [2.45, 2.75) is 32.2 Å². The van der Waals surface area contributed by atoms with E-state index >= 15 is 0 Å². The topological polar surface area (TPSA) is 96.3 Å². The average molecular weight is 512 g/mol. The first-order valence-corrected chi connectivity index (χ1v) is 11.7. The summed E-state index contributed by atoms with van der Waals surface area (Å²) >= 11 is 3.48. The lowest BCUT2D eigenvalue weighted by molar-refractivity contribution is 0.0828. The first-order chi connectivity index (χ1) is 15.8. The van der Waals surface area contributed by atoms with Crippen molar-refractivity contribution < 1.29 is 14.4 Å². The van der Waals surface area contributed by atoms with Crippen molar-refractivity contribution in [2.75, 3.05) is 26.0 Å². The second-order valence-electron chi connectivity index (χ2n) is 8.46. The molecule has 1 aromatic heterocycles. The average Bonchev–Trinajstić information content (AvgIpc) is 3.14. The van der Waals surface area contributed by atoms with Crippen LogP contribution in [0.3, 0.4) is 0 Å². The smallest absolute Gasteiger partial charge is 0.257 e. The lowest BCUT2D eigenvalue weighted by atomic mass is 10.1. The Kier molecular flexibility index (Phi) is 6.51. The van der Waals surface area contributed by atoms with E-state index in [1.807, 2.05) is 17.6 Å². The van der Waals surface area contributed by atoms with Gasteiger partial charge in [-0.3, -0.25) is 19.7 Å². The molecule has 0 saturated heterocycles. The van der Waals surface area contributed by atoms with E-state index in [1.54, 1.807) is 44.4 Å². The zero-order chi connectivity index (χ0) is 23.7. The molecule has 1 aliphatic rings. The highest BCUT2D eigenvalue weighted by atomic mass is 79.9. The summed E-state index contributed by atoms with van der Waals surface area (Å²) in [5.41, 5.74) is 2.61. The Balaban J connectivity index is 1.89. The van der Waals surface area contributed by atoms with Crippen LogP contribution in [0.25, 0.3) is 11.0 Å². The number of amides is 3. The summed E-state index contributed by atoms with van der Waals surface area (Å²) < 4.78 is 2.68. The number of fused-ring (bicyclic) bond motifs is 5. The highest BCUT2D eigenvalue weighted by molar-refractivity contribution is 9.10. The van der Waals surface area contributed by atoms with Gasteiger partial charge in [0.05, 0.1) is 16.6 Å². The standard InChI is InChI=1S/C24H26BrN5O3/c1-14-7-4-5-10-26-21(31)15-8-6-9-16(11-15)22(32)28-24-27-19-13-17(25)12-18(20(19)30(14)24)23(33)29(2)3/h6,8-9,11-14H,4-5,7,10H2,1-3H3,(H,26,31)(H,27,28,32)/t14-/m0/s1. The SMILES string of the molecule is C[C@H]1CCCCNC(=O)c2cccc(c2)C(=O)Nc2nc3cc(Br)cc(C(=O)N(C)C)c3n21. The maximum Gasteiger partial charge on any atom is 0.257 e. The van der Waals surface area contributed by atoms with Gasteiger partial charge in [0.15, 0.2) is 0 Å². The fourth-order valence-electron chi connectivity index (χ4n) is 4.09. The van der Waals surface area contributed by atoms with E-state index in [1.165, 1.54) is 4.90 Å².